The van der Waals surface area contributed by atoms with Crippen LogP contribution in [-0.2, 0) is 0 Å². The molecule has 0 aliphatic heterocycles. The van der Waals surface area contributed by atoms with Gasteiger partial charge in [0, 0.05) is 67.8 Å². The Kier molecular flexibility index (Phi) is 8.22. The molecule has 63 heavy (non-hydrogen) atoms. The summed E-state index contributed by atoms with van der Waals surface area (Å²) in [4.78, 5) is 15.4. The lowest BCUT2D eigenvalue weighted by Crippen LogP contribution is -2.00. The number of nitrogens with zero attached hydrogens (tertiary/aromatic N) is 3. The van der Waals surface area contributed by atoms with E-state index in [0.29, 0.717) is 17.5 Å². The number of aromatic nitrogens is 3. The van der Waals surface area contributed by atoms with Gasteiger partial charge >= 0.3 is 0 Å². The number of hydrogen-bond donors (Lipinski definition) is 0. The Morgan fingerprint density at radius 3 is 1.67 bits per heavy atom. The molecule has 6 heteroatoms. The van der Waals surface area contributed by atoms with Crippen LogP contribution in [0.2, 0.25) is 0 Å². The standard InChI is InChI=1S/C57H33N3OS2/c1-3-12-34(13-4-1)35-22-24-37(25-23-35)56-58-55(36-14-5-2-6-15-36)59-57(60-56)45-18-11-19-48-52(45)46-32-38(27-31-47(46)61-48)40-29-30-41(54-53(40)44-17-8-10-21-50(44)63-54)39-26-28-43-42-16-7-9-20-49(42)62-51(43)33-39/h1-33H. The predicted molar refractivity (Wildman–Crippen MR) is 265 cm³/mol. The summed E-state index contributed by atoms with van der Waals surface area (Å²) < 4.78 is 11.8. The van der Waals surface area contributed by atoms with Gasteiger partial charge < -0.3 is 4.42 Å². The number of hydrogen-bond acceptors (Lipinski definition) is 6. The van der Waals surface area contributed by atoms with Gasteiger partial charge in [0.15, 0.2) is 17.5 Å². The summed E-state index contributed by atoms with van der Waals surface area (Å²) in [6.07, 6.45) is 0. The molecule has 9 aromatic carbocycles. The van der Waals surface area contributed by atoms with Crippen LogP contribution in [0.5, 0.6) is 0 Å². The number of rotatable bonds is 6. The fourth-order valence-corrected chi connectivity index (χ4v) is 11.6. The third-order valence-corrected chi connectivity index (χ3v) is 14.5. The van der Waals surface area contributed by atoms with E-state index in [1.807, 2.05) is 71.2 Å². The maximum atomic E-state index is 6.60. The van der Waals surface area contributed by atoms with Crippen LogP contribution in [0.1, 0.15) is 0 Å². The monoisotopic (exact) mass is 839 g/mol. The van der Waals surface area contributed by atoms with Crippen molar-refractivity contribution in [2.24, 2.45) is 0 Å². The quantitative estimate of drug-likeness (QED) is 0.167. The fourth-order valence-electron chi connectivity index (χ4n) is 9.15. The van der Waals surface area contributed by atoms with Gasteiger partial charge in [0.1, 0.15) is 11.2 Å². The van der Waals surface area contributed by atoms with Crippen LogP contribution in [0.25, 0.3) is 130 Å². The summed E-state index contributed by atoms with van der Waals surface area (Å²) in [5.41, 5.74) is 11.4. The topological polar surface area (TPSA) is 51.8 Å². The summed E-state index contributed by atoms with van der Waals surface area (Å²) in [5, 5.41) is 7.15. The van der Waals surface area contributed by atoms with Gasteiger partial charge in [0.05, 0.1) is 0 Å². The van der Waals surface area contributed by atoms with Crippen molar-refractivity contribution in [2.75, 3.05) is 0 Å². The van der Waals surface area contributed by atoms with Gasteiger partial charge in [-0.25, -0.2) is 15.0 Å². The van der Waals surface area contributed by atoms with Crippen molar-refractivity contribution in [3.63, 3.8) is 0 Å². The molecular weight excluding hydrogens is 807 g/mol. The van der Waals surface area contributed by atoms with Crippen LogP contribution in [-0.4, -0.2) is 15.0 Å². The van der Waals surface area contributed by atoms with Crippen molar-refractivity contribution in [1.29, 1.82) is 0 Å². The first-order valence-corrected chi connectivity index (χ1v) is 22.6. The summed E-state index contributed by atoms with van der Waals surface area (Å²) in [5.74, 6) is 1.82. The van der Waals surface area contributed by atoms with Gasteiger partial charge in [-0.2, -0.15) is 0 Å². The average Bonchev–Trinajstić information content (AvgIpc) is 4.05. The zero-order valence-corrected chi connectivity index (χ0v) is 35.3. The van der Waals surface area contributed by atoms with Crippen molar-refractivity contribution in [3.05, 3.63) is 200 Å². The Labute approximate surface area is 370 Å². The van der Waals surface area contributed by atoms with Crippen LogP contribution in [0.4, 0.5) is 0 Å². The van der Waals surface area contributed by atoms with E-state index >= 15 is 0 Å². The minimum Gasteiger partial charge on any atom is -0.456 e. The maximum Gasteiger partial charge on any atom is 0.164 e. The van der Waals surface area contributed by atoms with Gasteiger partial charge in [-0.15, -0.1) is 22.7 Å². The first kappa shape index (κ1) is 35.9. The van der Waals surface area contributed by atoms with Crippen LogP contribution in [0, 0.1) is 0 Å². The summed E-state index contributed by atoms with van der Waals surface area (Å²) >= 11 is 3.73. The minimum absolute atomic E-state index is 0.593. The molecule has 0 aliphatic rings. The molecule has 4 aromatic heterocycles. The lowest BCUT2D eigenvalue weighted by atomic mass is 9.93. The molecule has 13 aromatic rings. The van der Waals surface area contributed by atoms with Gasteiger partial charge in [-0.3, -0.25) is 0 Å². The molecular formula is C57H33N3OS2. The van der Waals surface area contributed by atoms with Crippen LogP contribution in [0.15, 0.2) is 205 Å². The number of benzene rings is 9. The lowest BCUT2D eigenvalue weighted by molar-refractivity contribution is 0.669. The molecule has 0 spiro atoms. The van der Waals surface area contributed by atoms with E-state index in [1.165, 1.54) is 57.0 Å². The predicted octanol–water partition coefficient (Wildman–Crippen LogP) is 16.5. The molecule has 0 aliphatic carbocycles. The van der Waals surface area contributed by atoms with E-state index in [2.05, 4.69) is 152 Å². The highest BCUT2D eigenvalue weighted by Gasteiger charge is 2.21. The Morgan fingerprint density at radius 2 is 0.873 bits per heavy atom. The molecule has 0 unspecified atom stereocenters. The molecule has 0 N–H and O–H groups in total. The minimum atomic E-state index is 0.593. The molecule has 4 nitrogen and oxygen atoms in total. The Bertz CT molecular complexity index is 3900. The van der Waals surface area contributed by atoms with E-state index in [9.17, 15) is 0 Å². The highest BCUT2D eigenvalue weighted by Crippen LogP contribution is 2.47. The Morgan fingerprint density at radius 1 is 0.302 bits per heavy atom. The molecule has 0 amide bonds. The second-order valence-corrected chi connectivity index (χ2v) is 18.0. The molecule has 0 radical (unpaired) electrons. The fraction of sp³-hybridized carbons (Fsp3) is 0. The van der Waals surface area contributed by atoms with Gasteiger partial charge in [-0.05, 0) is 69.8 Å². The van der Waals surface area contributed by atoms with Crippen molar-refractivity contribution in [2.45, 2.75) is 0 Å². The molecule has 294 valence electrons. The zero-order chi connectivity index (χ0) is 41.4. The van der Waals surface area contributed by atoms with Gasteiger partial charge in [0.25, 0.3) is 0 Å². The molecule has 0 saturated carbocycles. The van der Waals surface area contributed by atoms with Gasteiger partial charge in [0.2, 0.25) is 0 Å². The highest BCUT2D eigenvalue weighted by atomic mass is 32.1. The van der Waals surface area contributed by atoms with Crippen LogP contribution >= 0.6 is 22.7 Å². The zero-order valence-electron chi connectivity index (χ0n) is 33.6. The van der Waals surface area contributed by atoms with E-state index in [4.69, 9.17) is 19.4 Å². The largest absolute Gasteiger partial charge is 0.456 e. The van der Waals surface area contributed by atoms with Crippen LogP contribution < -0.4 is 0 Å². The number of furan rings is 1. The second kappa shape index (κ2) is 14.4. The normalized spacial score (nSPS) is 11.8. The van der Waals surface area contributed by atoms with E-state index in [-0.39, 0.29) is 0 Å². The molecule has 0 atom stereocenters. The second-order valence-electron chi connectivity index (χ2n) is 15.9. The third-order valence-electron chi connectivity index (χ3n) is 12.2. The van der Waals surface area contributed by atoms with Crippen LogP contribution in [0.3, 0.4) is 0 Å². The Hall–Kier alpha value is -7.77. The molecule has 0 saturated heterocycles. The highest BCUT2D eigenvalue weighted by molar-refractivity contribution is 7.26. The van der Waals surface area contributed by atoms with Crippen molar-refractivity contribution >= 4 is 85.0 Å². The molecule has 0 bridgehead atoms. The Balaban J connectivity index is 0.977. The molecule has 13 rings (SSSR count). The smallest absolute Gasteiger partial charge is 0.164 e. The van der Waals surface area contributed by atoms with Crippen molar-refractivity contribution in [1.82, 2.24) is 15.0 Å². The van der Waals surface area contributed by atoms with Gasteiger partial charge in [-0.1, -0.05) is 164 Å². The van der Waals surface area contributed by atoms with E-state index < -0.39 is 0 Å². The third kappa shape index (κ3) is 5.98. The molecule has 0 fully saturated rings. The first-order valence-electron chi connectivity index (χ1n) is 21.0. The van der Waals surface area contributed by atoms with E-state index in [0.717, 1.165) is 55.3 Å². The number of thiophene rings is 2. The lowest BCUT2D eigenvalue weighted by Gasteiger charge is -2.11. The first-order chi connectivity index (χ1) is 31.2. The summed E-state index contributed by atoms with van der Waals surface area (Å²) in [6, 6.07) is 70.8. The van der Waals surface area contributed by atoms with Crippen molar-refractivity contribution in [3.8, 4) is 67.5 Å². The molecule has 4 heterocycles. The SMILES string of the molecule is c1ccc(-c2ccc(-c3nc(-c4ccccc4)nc(-c4cccc5oc6ccc(-c7ccc(-c8ccc9c(c8)sc8ccccc89)c8sc9ccccc9c78)cc6c45)n3)cc2)cc1. The average molecular weight is 840 g/mol. The van der Waals surface area contributed by atoms with Crippen molar-refractivity contribution < 1.29 is 4.42 Å². The number of fused-ring (bicyclic) bond motifs is 9. The summed E-state index contributed by atoms with van der Waals surface area (Å²) in [7, 11) is 0. The summed E-state index contributed by atoms with van der Waals surface area (Å²) in [6.45, 7) is 0. The maximum absolute atomic E-state index is 6.60. The van der Waals surface area contributed by atoms with E-state index in [1.54, 1.807) is 0 Å².